The Balaban J connectivity index is 1.81. The van der Waals surface area contributed by atoms with Gasteiger partial charge >= 0.3 is 12.1 Å². The van der Waals surface area contributed by atoms with Crippen molar-refractivity contribution in [1.82, 2.24) is 9.66 Å². The summed E-state index contributed by atoms with van der Waals surface area (Å²) >= 11 is 2.02. The highest BCUT2D eigenvalue weighted by molar-refractivity contribution is 14.1. The number of alkyl halides is 3. The summed E-state index contributed by atoms with van der Waals surface area (Å²) in [5.41, 5.74) is -0.536. The lowest BCUT2D eigenvalue weighted by Crippen LogP contribution is -2.26. The maximum Gasteiger partial charge on any atom is 0.416 e. The average Bonchev–Trinajstić information content (AvgIpc) is 2.94. The molecule has 0 saturated heterocycles. The summed E-state index contributed by atoms with van der Waals surface area (Å²) in [5, 5.41) is 4.59. The van der Waals surface area contributed by atoms with Crippen molar-refractivity contribution in [1.29, 1.82) is 0 Å². The van der Waals surface area contributed by atoms with E-state index in [9.17, 15) is 22.8 Å². The van der Waals surface area contributed by atoms with Gasteiger partial charge in [-0.15, -0.1) is 0 Å². The lowest BCUT2D eigenvalue weighted by atomic mass is 10.1. The molecule has 0 radical (unpaired) electrons. The van der Waals surface area contributed by atoms with Crippen LogP contribution in [0.3, 0.4) is 0 Å². The second kappa shape index (κ2) is 12.7. The lowest BCUT2D eigenvalue weighted by Gasteiger charge is -2.18. The Morgan fingerprint density at radius 2 is 1.85 bits per heavy atom. The van der Waals surface area contributed by atoms with Crippen LogP contribution in [-0.4, -0.2) is 41.2 Å². The van der Waals surface area contributed by atoms with Crippen molar-refractivity contribution in [2.24, 2.45) is 5.10 Å². The normalized spacial score (nSPS) is 12.5. The zero-order chi connectivity index (χ0) is 29.7. The Kier molecular flexibility index (Phi) is 9.31. The fourth-order valence-electron chi connectivity index (χ4n) is 3.90. The number of hydrogen-bond donors (Lipinski definition) is 0. The van der Waals surface area contributed by atoms with E-state index in [1.54, 1.807) is 57.2 Å². The number of benzene rings is 3. The number of nitrogens with zero attached hydrogens (tertiary/aromatic N) is 3. The smallest absolute Gasteiger partial charge is 0.416 e. The predicted molar refractivity (Wildman–Crippen MR) is 156 cm³/mol. The van der Waals surface area contributed by atoms with Crippen LogP contribution in [0.25, 0.3) is 22.3 Å². The van der Waals surface area contributed by atoms with Crippen LogP contribution in [0.5, 0.6) is 11.5 Å². The van der Waals surface area contributed by atoms with Gasteiger partial charge in [-0.2, -0.15) is 22.9 Å². The topological polar surface area (TPSA) is 92.0 Å². The Labute approximate surface area is 246 Å². The highest BCUT2D eigenvalue weighted by Gasteiger charge is 2.31. The number of carbonyl (C=O) groups excluding carboxylic acids is 1. The molecule has 1 heterocycles. The quantitative estimate of drug-likeness (QED) is 0.117. The fourth-order valence-corrected chi connectivity index (χ4v) is 4.65. The minimum absolute atomic E-state index is 0.0565. The second-order valence-corrected chi connectivity index (χ2v) is 9.83. The van der Waals surface area contributed by atoms with E-state index < -0.39 is 29.4 Å². The van der Waals surface area contributed by atoms with Crippen LogP contribution in [0.2, 0.25) is 0 Å². The molecule has 214 valence electrons. The van der Waals surface area contributed by atoms with Gasteiger partial charge in [-0.25, -0.2) is 9.78 Å². The highest BCUT2D eigenvalue weighted by atomic mass is 127. The number of esters is 1. The molecule has 1 atom stereocenters. The number of ether oxygens (including phenoxy) is 3. The Bertz CT molecular complexity index is 1670. The molecule has 3 aromatic carbocycles. The third kappa shape index (κ3) is 6.87. The highest BCUT2D eigenvalue weighted by Crippen LogP contribution is 2.35. The van der Waals surface area contributed by atoms with Gasteiger partial charge in [0.2, 0.25) is 0 Å². The zero-order valence-corrected chi connectivity index (χ0v) is 24.4. The van der Waals surface area contributed by atoms with Crippen LogP contribution < -0.4 is 15.0 Å². The van der Waals surface area contributed by atoms with Crippen LogP contribution in [-0.2, 0) is 15.7 Å². The SMILES string of the molecule is CCOC(=O)[C@H](C)Oc1c(I)cc(C=Nn2c(-c3cccc(C(F)(F)F)c3)nc3ccccc3c2=O)cc1OCC. The van der Waals surface area contributed by atoms with Crippen LogP contribution in [0.1, 0.15) is 31.9 Å². The largest absolute Gasteiger partial charge is 0.490 e. The molecule has 0 unspecified atom stereocenters. The van der Waals surface area contributed by atoms with E-state index in [-0.39, 0.29) is 23.4 Å². The molecule has 8 nitrogen and oxygen atoms in total. The van der Waals surface area contributed by atoms with Crippen molar-refractivity contribution in [3.8, 4) is 22.9 Å². The monoisotopic (exact) mass is 679 g/mol. The van der Waals surface area contributed by atoms with E-state index in [4.69, 9.17) is 14.2 Å². The van der Waals surface area contributed by atoms with Gasteiger partial charge in [-0.05, 0) is 85.3 Å². The lowest BCUT2D eigenvalue weighted by molar-refractivity contribution is -0.150. The first-order valence-corrected chi connectivity index (χ1v) is 13.6. The molecule has 0 amide bonds. The molecule has 0 N–H and O–H groups in total. The molecule has 0 saturated carbocycles. The summed E-state index contributed by atoms with van der Waals surface area (Å²) in [6.07, 6.45) is -4.10. The van der Waals surface area contributed by atoms with E-state index in [0.29, 0.717) is 32.8 Å². The van der Waals surface area contributed by atoms with Gasteiger partial charge in [-0.3, -0.25) is 4.79 Å². The van der Waals surface area contributed by atoms with Crippen molar-refractivity contribution < 1.29 is 32.2 Å². The molecule has 0 bridgehead atoms. The molecule has 12 heteroatoms. The van der Waals surface area contributed by atoms with Gasteiger partial charge in [0, 0.05) is 5.56 Å². The van der Waals surface area contributed by atoms with Crippen molar-refractivity contribution in [2.75, 3.05) is 13.2 Å². The molecule has 0 aliphatic carbocycles. The van der Waals surface area contributed by atoms with Crippen molar-refractivity contribution in [3.05, 3.63) is 85.7 Å². The van der Waals surface area contributed by atoms with Gasteiger partial charge in [0.05, 0.1) is 39.5 Å². The van der Waals surface area contributed by atoms with E-state index >= 15 is 0 Å². The van der Waals surface area contributed by atoms with Gasteiger partial charge < -0.3 is 14.2 Å². The van der Waals surface area contributed by atoms with E-state index in [1.807, 2.05) is 22.6 Å². The third-order valence-corrected chi connectivity index (χ3v) is 6.57. The van der Waals surface area contributed by atoms with E-state index in [0.717, 1.165) is 16.8 Å². The summed E-state index contributed by atoms with van der Waals surface area (Å²) in [6, 6.07) is 14.4. The second-order valence-electron chi connectivity index (χ2n) is 8.67. The van der Waals surface area contributed by atoms with Gasteiger partial charge in [0.1, 0.15) is 0 Å². The van der Waals surface area contributed by atoms with E-state index in [2.05, 4.69) is 10.1 Å². The molecular weight excluding hydrogens is 654 g/mol. The van der Waals surface area contributed by atoms with Crippen LogP contribution in [0.4, 0.5) is 13.2 Å². The first-order chi connectivity index (χ1) is 19.5. The molecule has 4 aromatic rings. The molecule has 0 spiro atoms. The maximum atomic E-state index is 13.5. The summed E-state index contributed by atoms with van der Waals surface area (Å²) in [7, 11) is 0. The van der Waals surface area contributed by atoms with Gasteiger partial charge in [0.25, 0.3) is 5.56 Å². The maximum absolute atomic E-state index is 13.5. The van der Waals surface area contributed by atoms with Gasteiger partial charge in [-0.1, -0.05) is 24.3 Å². The molecule has 0 aliphatic rings. The minimum Gasteiger partial charge on any atom is -0.490 e. The zero-order valence-electron chi connectivity index (χ0n) is 22.2. The summed E-state index contributed by atoms with van der Waals surface area (Å²) in [4.78, 5) is 30.0. The third-order valence-electron chi connectivity index (χ3n) is 5.77. The number of para-hydroxylation sites is 1. The molecule has 0 aliphatic heterocycles. The van der Waals surface area contributed by atoms with E-state index in [1.165, 1.54) is 18.3 Å². The average molecular weight is 679 g/mol. The van der Waals surface area contributed by atoms with Crippen molar-refractivity contribution in [2.45, 2.75) is 33.1 Å². The van der Waals surface area contributed by atoms with Crippen molar-refractivity contribution >= 4 is 45.7 Å². The molecule has 0 fully saturated rings. The number of aromatic nitrogens is 2. The first kappa shape index (κ1) is 30.0. The molecule has 4 rings (SSSR count). The molecule has 1 aromatic heterocycles. The van der Waals surface area contributed by atoms with Gasteiger partial charge in [0.15, 0.2) is 23.4 Å². The molecular formula is C29H25F3IN3O5. The Morgan fingerprint density at radius 1 is 1.10 bits per heavy atom. The number of halogens is 4. The minimum atomic E-state index is -4.58. The standard InChI is InChI=1S/C29H25F3IN3O5/c1-4-39-24-14-18(13-22(33)25(24)41-17(3)28(38)40-5-2)16-34-36-26(19-9-8-10-20(15-19)29(30,31)32)35-23-12-7-6-11-21(23)27(36)37/h6-17H,4-5H2,1-3H3/t17-/m0/s1. The summed E-state index contributed by atoms with van der Waals surface area (Å²) in [5.74, 6) is 0.0825. The Morgan fingerprint density at radius 3 is 2.56 bits per heavy atom. The Hall–Kier alpha value is -3.94. The predicted octanol–water partition coefficient (Wildman–Crippen LogP) is 6.30. The van der Waals surface area contributed by atoms with Crippen LogP contribution >= 0.6 is 22.6 Å². The molecule has 41 heavy (non-hydrogen) atoms. The van der Waals surface area contributed by atoms with Crippen LogP contribution in [0, 0.1) is 3.57 Å². The number of fused-ring (bicyclic) bond motifs is 1. The van der Waals surface area contributed by atoms with Crippen LogP contribution in [0.15, 0.2) is 70.6 Å². The fraction of sp³-hybridized carbons (Fsp3) is 0.241. The summed E-state index contributed by atoms with van der Waals surface area (Å²) in [6.45, 7) is 5.56. The number of rotatable bonds is 9. The summed E-state index contributed by atoms with van der Waals surface area (Å²) < 4.78 is 58.5. The number of hydrogen-bond acceptors (Lipinski definition) is 7. The number of carbonyl (C=O) groups is 1. The van der Waals surface area contributed by atoms with Crippen molar-refractivity contribution in [3.63, 3.8) is 0 Å². The first-order valence-electron chi connectivity index (χ1n) is 12.6.